The SMILES string of the molecule is CCOc1ccc(C[C@@H](CO)NC(=O)OC(C)(C)C)cc1. The maximum absolute atomic E-state index is 11.7. The Hall–Kier alpha value is -1.75. The molecule has 0 bridgehead atoms. The molecule has 5 nitrogen and oxygen atoms in total. The summed E-state index contributed by atoms with van der Waals surface area (Å²) in [6.07, 6.45) is 0.00906. The lowest BCUT2D eigenvalue weighted by atomic mass is 10.1. The Morgan fingerprint density at radius 2 is 1.90 bits per heavy atom. The van der Waals surface area contributed by atoms with E-state index in [1.165, 1.54) is 0 Å². The molecule has 2 N–H and O–H groups in total. The van der Waals surface area contributed by atoms with Crippen LogP contribution in [0.5, 0.6) is 5.75 Å². The predicted molar refractivity (Wildman–Crippen MR) is 81.6 cm³/mol. The first-order valence-electron chi connectivity index (χ1n) is 7.16. The van der Waals surface area contributed by atoms with Gasteiger partial charge in [0.2, 0.25) is 0 Å². The average Bonchev–Trinajstić information content (AvgIpc) is 2.38. The highest BCUT2D eigenvalue weighted by molar-refractivity contribution is 5.68. The fraction of sp³-hybridized carbons (Fsp3) is 0.562. The van der Waals surface area contributed by atoms with Gasteiger partial charge >= 0.3 is 6.09 Å². The molecule has 0 heterocycles. The van der Waals surface area contributed by atoms with E-state index in [9.17, 15) is 9.90 Å². The van der Waals surface area contributed by atoms with E-state index in [1.807, 2.05) is 31.2 Å². The molecule has 0 aliphatic heterocycles. The standard InChI is InChI=1S/C16H25NO4/c1-5-20-14-8-6-12(7-9-14)10-13(11-18)17-15(19)21-16(2,3)4/h6-9,13,18H,5,10-11H2,1-4H3,(H,17,19)/t13-/m0/s1. The Bertz CT molecular complexity index is 437. The second-order valence-electron chi connectivity index (χ2n) is 5.81. The molecule has 1 aromatic rings. The van der Waals surface area contributed by atoms with Crippen molar-refractivity contribution in [3.05, 3.63) is 29.8 Å². The van der Waals surface area contributed by atoms with E-state index >= 15 is 0 Å². The fourth-order valence-corrected chi connectivity index (χ4v) is 1.81. The highest BCUT2D eigenvalue weighted by Gasteiger charge is 2.19. The highest BCUT2D eigenvalue weighted by atomic mass is 16.6. The number of amides is 1. The Balaban J connectivity index is 2.55. The van der Waals surface area contributed by atoms with Crippen LogP contribution in [0.1, 0.15) is 33.3 Å². The summed E-state index contributed by atoms with van der Waals surface area (Å²) in [5.41, 5.74) is 0.456. The Morgan fingerprint density at radius 1 is 1.29 bits per heavy atom. The molecule has 0 spiro atoms. The molecule has 0 saturated heterocycles. The van der Waals surface area contributed by atoms with Gasteiger partial charge in [-0.2, -0.15) is 0 Å². The zero-order valence-electron chi connectivity index (χ0n) is 13.2. The van der Waals surface area contributed by atoms with Gasteiger partial charge in [-0.1, -0.05) is 12.1 Å². The first-order chi connectivity index (χ1) is 9.84. The van der Waals surface area contributed by atoms with Gasteiger partial charge in [0.1, 0.15) is 11.4 Å². The molecule has 0 aliphatic rings. The third-order valence-electron chi connectivity index (χ3n) is 2.66. The van der Waals surface area contributed by atoms with Crippen molar-refractivity contribution in [3.8, 4) is 5.75 Å². The topological polar surface area (TPSA) is 67.8 Å². The Kier molecular flexibility index (Phi) is 6.49. The summed E-state index contributed by atoms with van der Waals surface area (Å²) >= 11 is 0. The number of rotatable bonds is 6. The van der Waals surface area contributed by atoms with E-state index in [4.69, 9.17) is 9.47 Å². The van der Waals surface area contributed by atoms with Crippen molar-refractivity contribution in [3.63, 3.8) is 0 Å². The molecule has 21 heavy (non-hydrogen) atoms. The minimum atomic E-state index is -0.552. The number of aliphatic hydroxyl groups excluding tert-OH is 1. The third kappa shape index (κ3) is 6.99. The van der Waals surface area contributed by atoms with Crippen molar-refractivity contribution in [2.75, 3.05) is 13.2 Å². The molecule has 0 aromatic heterocycles. The first-order valence-corrected chi connectivity index (χ1v) is 7.16. The minimum absolute atomic E-state index is 0.146. The van der Waals surface area contributed by atoms with E-state index in [0.29, 0.717) is 13.0 Å². The summed E-state index contributed by atoms with van der Waals surface area (Å²) in [5, 5.41) is 12.0. The van der Waals surface area contributed by atoms with Crippen molar-refractivity contribution in [2.24, 2.45) is 0 Å². The van der Waals surface area contributed by atoms with Crippen LogP contribution < -0.4 is 10.1 Å². The van der Waals surface area contributed by atoms with Gasteiger partial charge in [-0.25, -0.2) is 4.79 Å². The molecule has 118 valence electrons. The molecule has 0 unspecified atom stereocenters. The number of nitrogens with one attached hydrogen (secondary N) is 1. The molecule has 0 aliphatic carbocycles. The number of aliphatic hydroxyl groups is 1. The number of alkyl carbamates (subject to hydrolysis) is 1. The van der Waals surface area contributed by atoms with Gasteiger partial charge in [0.25, 0.3) is 0 Å². The van der Waals surface area contributed by atoms with E-state index in [2.05, 4.69) is 5.32 Å². The van der Waals surface area contributed by atoms with Crippen LogP contribution in [0.2, 0.25) is 0 Å². The zero-order valence-corrected chi connectivity index (χ0v) is 13.2. The molecular formula is C16H25NO4. The molecule has 1 atom stereocenters. The maximum Gasteiger partial charge on any atom is 0.407 e. The van der Waals surface area contributed by atoms with Gasteiger partial charge in [-0.15, -0.1) is 0 Å². The van der Waals surface area contributed by atoms with Crippen LogP contribution in [0.4, 0.5) is 4.79 Å². The monoisotopic (exact) mass is 295 g/mol. The van der Waals surface area contributed by atoms with Crippen molar-refractivity contribution in [1.82, 2.24) is 5.32 Å². The molecule has 0 saturated carbocycles. The molecule has 1 aromatic carbocycles. The normalized spacial score (nSPS) is 12.6. The highest BCUT2D eigenvalue weighted by Crippen LogP contribution is 2.14. The number of ether oxygens (including phenoxy) is 2. The van der Waals surface area contributed by atoms with Crippen LogP contribution in [-0.2, 0) is 11.2 Å². The first kappa shape index (κ1) is 17.3. The number of carbonyl (C=O) groups excluding carboxylic acids is 1. The van der Waals surface area contributed by atoms with E-state index in [0.717, 1.165) is 11.3 Å². The van der Waals surface area contributed by atoms with Gasteiger partial charge < -0.3 is 19.9 Å². The lowest BCUT2D eigenvalue weighted by Crippen LogP contribution is -2.42. The molecule has 1 rings (SSSR count). The maximum atomic E-state index is 11.7. The van der Waals surface area contributed by atoms with Gasteiger partial charge in [0.15, 0.2) is 0 Å². The van der Waals surface area contributed by atoms with Crippen molar-refractivity contribution < 1.29 is 19.4 Å². The predicted octanol–water partition coefficient (Wildman–Crippen LogP) is 2.51. The van der Waals surface area contributed by atoms with Gasteiger partial charge in [0, 0.05) is 0 Å². The number of benzene rings is 1. The Morgan fingerprint density at radius 3 is 2.38 bits per heavy atom. The summed E-state index contributed by atoms with van der Waals surface area (Å²) in [6.45, 7) is 7.80. The molecule has 5 heteroatoms. The number of carbonyl (C=O) groups is 1. The van der Waals surface area contributed by atoms with Crippen molar-refractivity contribution in [1.29, 1.82) is 0 Å². The van der Waals surface area contributed by atoms with Crippen molar-refractivity contribution >= 4 is 6.09 Å². The van der Waals surface area contributed by atoms with E-state index < -0.39 is 11.7 Å². The second kappa shape index (κ2) is 7.88. The van der Waals surface area contributed by atoms with Crippen LogP contribution in [0.3, 0.4) is 0 Å². The van der Waals surface area contributed by atoms with Crippen molar-refractivity contribution in [2.45, 2.75) is 45.8 Å². The lowest BCUT2D eigenvalue weighted by molar-refractivity contribution is 0.0483. The quantitative estimate of drug-likeness (QED) is 0.846. The van der Waals surface area contributed by atoms with Crippen LogP contribution in [0.25, 0.3) is 0 Å². The van der Waals surface area contributed by atoms with Gasteiger partial charge in [-0.3, -0.25) is 0 Å². The summed E-state index contributed by atoms with van der Waals surface area (Å²) in [6, 6.07) is 7.22. The zero-order chi connectivity index (χ0) is 15.9. The second-order valence-corrected chi connectivity index (χ2v) is 5.81. The average molecular weight is 295 g/mol. The number of hydrogen-bond donors (Lipinski definition) is 2. The molecule has 0 fully saturated rings. The van der Waals surface area contributed by atoms with Crippen LogP contribution in [-0.4, -0.2) is 36.1 Å². The summed E-state index contributed by atoms with van der Waals surface area (Å²) in [7, 11) is 0. The summed E-state index contributed by atoms with van der Waals surface area (Å²) < 4.78 is 10.6. The fourth-order valence-electron chi connectivity index (χ4n) is 1.81. The Labute approximate surface area is 126 Å². The smallest absolute Gasteiger partial charge is 0.407 e. The minimum Gasteiger partial charge on any atom is -0.494 e. The molecular weight excluding hydrogens is 270 g/mol. The van der Waals surface area contributed by atoms with E-state index in [-0.39, 0.29) is 12.6 Å². The summed E-state index contributed by atoms with van der Waals surface area (Å²) in [4.78, 5) is 11.7. The van der Waals surface area contributed by atoms with Crippen LogP contribution >= 0.6 is 0 Å². The summed E-state index contributed by atoms with van der Waals surface area (Å²) in [5.74, 6) is 0.807. The van der Waals surface area contributed by atoms with Crippen LogP contribution in [0.15, 0.2) is 24.3 Å². The van der Waals surface area contributed by atoms with Crippen LogP contribution in [0, 0.1) is 0 Å². The van der Waals surface area contributed by atoms with Gasteiger partial charge in [-0.05, 0) is 51.8 Å². The van der Waals surface area contributed by atoms with E-state index in [1.54, 1.807) is 20.8 Å². The largest absolute Gasteiger partial charge is 0.494 e. The third-order valence-corrected chi connectivity index (χ3v) is 2.66. The molecule has 1 amide bonds. The van der Waals surface area contributed by atoms with Gasteiger partial charge in [0.05, 0.1) is 19.3 Å². The molecule has 0 radical (unpaired) electrons. The number of hydrogen-bond acceptors (Lipinski definition) is 4. The lowest BCUT2D eigenvalue weighted by Gasteiger charge is -2.22.